The number of fused-ring (bicyclic) bond motifs is 1. The van der Waals surface area contributed by atoms with Crippen molar-refractivity contribution in [3.05, 3.63) is 53.6 Å². The molecule has 3 rings (SSSR count). The lowest BCUT2D eigenvalue weighted by Crippen LogP contribution is -3.06. The van der Waals surface area contributed by atoms with E-state index in [9.17, 15) is 4.79 Å². The van der Waals surface area contributed by atoms with E-state index in [1.54, 1.807) is 12.0 Å². The fourth-order valence-electron chi connectivity index (χ4n) is 2.69. The monoisotopic (exact) mass is 370 g/mol. The van der Waals surface area contributed by atoms with Crippen LogP contribution in [-0.4, -0.2) is 45.2 Å². The maximum atomic E-state index is 13.2. The minimum absolute atomic E-state index is 0.0130. The van der Waals surface area contributed by atoms with Crippen LogP contribution in [0.25, 0.3) is 10.2 Å². The molecule has 0 spiro atoms. The van der Waals surface area contributed by atoms with E-state index in [-0.39, 0.29) is 5.91 Å². The van der Waals surface area contributed by atoms with Gasteiger partial charge in [-0.25, -0.2) is 4.98 Å². The van der Waals surface area contributed by atoms with E-state index in [2.05, 4.69) is 14.1 Å². The average molecular weight is 370 g/mol. The molecule has 0 atom stereocenters. The second-order valence-electron chi connectivity index (χ2n) is 6.61. The van der Waals surface area contributed by atoms with Crippen molar-refractivity contribution in [2.24, 2.45) is 0 Å². The van der Waals surface area contributed by atoms with Crippen molar-refractivity contribution < 1.29 is 14.4 Å². The van der Waals surface area contributed by atoms with Crippen molar-refractivity contribution in [1.82, 2.24) is 4.98 Å². The van der Waals surface area contributed by atoms with Crippen LogP contribution in [0.15, 0.2) is 42.5 Å². The van der Waals surface area contributed by atoms with Gasteiger partial charge in [0.25, 0.3) is 5.91 Å². The van der Waals surface area contributed by atoms with Gasteiger partial charge in [-0.05, 0) is 31.2 Å². The summed E-state index contributed by atoms with van der Waals surface area (Å²) in [5.41, 5.74) is 2.61. The van der Waals surface area contributed by atoms with Crippen LogP contribution in [0, 0.1) is 6.92 Å². The number of hydrogen-bond acceptors (Lipinski definition) is 4. The average Bonchev–Trinajstić information content (AvgIpc) is 3.04. The third-order valence-electron chi connectivity index (χ3n) is 4.16. The highest BCUT2D eigenvalue weighted by Crippen LogP contribution is 2.31. The molecule has 0 saturated heterocycles. The second-order valence-corrected chi connectivity index (χ2v) is 7.62. The van der Waals surface area contributed by atoms with Crippen molar-refractivity contribution in [3.63, 3.8) is 0 Å². The van der Waals surface area contributed by atoms with Crippen LogP contribution in [0.3, 0.4) is 0 Å². The van der Waals surface area contributed by atoms with Crippen LogP contribution in [0.4, 0.5) is 5.13 Å². The van der Waals surface area contributed by atoms with Gasteiger partial charge >= 0.3 is 0 Å². The van der Waals surface area contributed by atoms with Crippen LogP contribution < -0.4 is 14.5 Å². The van der Waals surface area contributed by atoms with Gasteiger partial charge in [-0.3, -0.25) is 9.69 Å². The lowest BCUT2D eigenvalue weighted by atomic mass is 10.1. The lowest BCUT2D eigenvalue weighted by Gasteiger charge is -2.21. The Morgan fingerprint density at radius 3 is 2.73 bits per heavy atom. The Hall–Kier alpha value is -2.44. The smallest absolute Gasteiger partial charge is 0.260 e. The molecular formula is C20H24N3O2S+. The number of thiazole rings is 1. The molecule has 1 aromatic heterocycles. The van der Waals surface area contributed by atoms with Gasteiger partial charge in [-0.2, -0.15) is 0 Å². The summed E-state index contributed by atoms with van der Waals surface area (Å²) < 4.78 is 6.32. The zero-order valence-corrected chi connectivity index (χ0v) is 16.4. The summed E-state index contributed by atoms with van der Waals surface area (Å²) in [5.74, 6) is 0.754. The van der Waals surface area contributed by atoms with Gasteiger partial charge in [0.1, 0.15) is 5.75 Å². The maximum absolute atomic E-state index is 13.2. The number of carbonyl (C=O) groups excluding carboxylic acids is 1. The van der Waals surface area contributed by atoms with E-state index in [4.69, 9.17) is 9.72 Å². The summed E-state index contributed by atoms with van der Waals surface area (Å²) in [6, 6.07) is 13.5. The van der Waals surface area contributed by atoms with Crippen molar-refractivity contribution in [1.29, 1.82) is 0 Å². The van der Waals surface area contributed by atoms with Gasteiger partial charge in [0.05, 0.1) is 44.5 Å². The number of ether oxygens (including phenoxy) is 1. The molecule has 1 N–H and O–H groups in total. The van der Waals surface area contributed by atoms with Gasteiger partial charge in [0, 0.05) is 11.6 Å². The van der Waals surface area contributed by atoms with Gasteiger partial charge in [0.2, 0.25) is 0 Å². The molecule has 0 radical (unpaired) electrons. The molecule has 3 aromatic rings. The molecule has 0 unspecified atom stereocenters. The van der Waals surface area contributed by atoms with Crippen molar-refractivity contribution in [2.75, 3.05) is 39.2 Å². The summed E-state index contributed by atoms with van der Waals surface area (Å²) in [7, 11) is 5.80. The molecule has 2 aromatic carbocycles. The zero-order valence-electron chi connectivity index (χ0n) is 15.6. The lowest BCUT2D eigenvalue weighted by molar-refractivity contribution is -0.856. The van der Waals surface area contributed by atoms with E-state index in [1.807, 2.05) is 49.4 Å². The molecule has 136 valence electrons. The van der Waals surface area contributed by atoms with Gasteiger partial charge < -0.3 is 9.64 Å². The highest BCUT2D eigenvalue weighted by Gasteiger charge is 2.22. The second kappa shape index (κ2) is 7.85. The van der Waals surface area contributed by atoms with Gasteiger partial charge in [-0.15, -0.1) is 0 Å². The number of carbonyl (C=O) groups is 1. The number of anilines is 1. The SMILES string of the molecule is COc1ccc2sc(N(CC[NH+](C)C)C(=O)c3cccc(C)c3)nc2c1. The predicted molar refractivity (Wildman–Crippen MR) is 107 cm³/mol. The van der Waals surface area contributed by atoms with Gasteiger partial charge in [-0.1, -0.05) is 29.0 Å². The Morgan fingerprint density at radius 1 is 1.23 bits per heavy atom. The molecule has 1 amide bonds. The molecule has 0 aliphatic heterocycles. The molecule has 0 bridgehead atoms. The van der Waals surface area contributed by atoms with Crippen LogP contribution in [-0.2, 0) is 0 Å². The predicted octanol–water partition coefficient (Wildman–Crippen LogP) is 2.40. The largest absolute Gasteiger partial charge is 0.497 e. The molecule has 0 saturated carbocycles. The first-order chi connectivity index (χ1) is 12.5. The number of quaternary nitrogens is 1. The molecule has 1 heterocycles. The molecule has 0 aliphatic rings. The van der Waals surface area contributed by atoms with Crippen molar-refractivity contribution in [2.45, 2.75) is 6.92 Å². The standard InChI is InChI=1S/C20H23N3O2S/c1-14-6-5-7-15(12-14)19(24)23(11-10-22(2)3)20-21-17-13-16(25-4)8-9-18(17)26-20/h5-9,12-13H,10-11H2,1-4H3/p+1. The minimum Gasteiger partial charge on any atom is -0.497 e. The number of rotatable bonds is 6. The fraction of sp³-hybridized carbons (Fsp3) is 0.300. The Balaban J connectivity index is 1.98. The number of methoxy groups -OCH3 is 1. The topological polar surface area (TPSA) is 46.9 Å². The molecule has 5 nitrogen and oxygen atoms in total. The molecular weight excluding hydrogens is 346 g/mol. The summed E-state index contributed by atoms with van der Waals surface area (Å²) in [6.45, 7) is 3.46. The first-order valence-corrected chi connectivity index (χ1v) is 9.41. The number of amides is 1. The zero-order chi connectivity index (χ0) is 18.7. The number of nitrogens with zero attached hydrogens (tertiary/aromatic N) is 2. The number of aromatic nitrogens is 1. The molecule has 6 heteroatoms. The third kappa shape index (κ3) is 4.03. The Kier molecular flexibility index (Phi) is 5.54. The number of benzene rings is 2. The highest BCUT2D eigenvalue weighted by atomic mass is 32.1. The Labute approximate surface area is 157 Å². The first-order valence-electron chi connectivity index (χ1n) is 8.60. The molecule has 0 fully saturated rings. The summed E-state index contributed by atoms with van der Waals surface area (Å²) >= 11 is 1.53. The van der Waals surface area contributed by atoms with Crippen molar-refractivity contribution >= 4 is 32.6 Å². The van der Waals surface area contributed by atoms with Crippen LogP contribution in [0.2, 0.25) is 0 Å². The normalized spacial score (nSPS) is 11.1. The van der Waals surface area contributed by atoms with Crippen LogP contribution in [0.1, 0.15) is 15.9 Å². The third-order valence-corrected chi connectivity index (χ3v) is 5.22. The summed E-state index contributed by atoms with van der Waals surface area (Å²) in [5, 5.41) is 0.723. The van der Waals surface area contributed by atoms with E-state index >= 15 is 0 Å². The summed E-state index contributed by atoms with van der Waals surface area (Å²) in [6.07, 6.45) is 0. The number of aryl methyl sites for hydroxylation is 1. The highest BCUT2D eigenvalue weighted by molar-refractivity contribution is 7.22. The Morgan fingerprint density at radius 2 is 2.04 bits per heavy atom. The van der Waals surface area contributed by atoms with E-state index in [0.29, 0.717) is 12.1 Å². The quantitative estimate of drug-likeness (QED) is 0.725. The minimum atomic E-state index is -0.0130. The number of hydrogen-bond donors (Lipinski definition) is 1. The van der Waals surface area contributed by atoms with E-state index < -0.39 is 0 Å². The summed E-state index contributed by atoms with van der Waals surface area (Å²) in [4.78, 5) is 20.9. The van der Waals surface area contributed by atoms with Crippen LogP contribution >= 0.6 is 11.3 Å². The Bertz CT molecular complexity index is 920. The van der Waals surface area contributed by atoms with Crippen molar-refractivity contribution in [3.8, 4) is 5.75 Å². The first kappa shape index (κ1) is 18.4. The molecule has 26 heavy (non-hydrogen) atoms. The number of likely N-dealkylation sites (N-methyl/N-ethyl adjacent to an activating group) is 1. The molecule has 0 aliphatic carbocycles. The number of nitrogens with one attached hydrogen (secondary N) is 1. The fourth-order valence-corrected chi connectivity index (χ4v) is 3.66. The maximum Gasteiger partial charge on any atom is 0.260 e. The van der Waals surface area contributed by atoms with Gasteiger partial charge in [0.15, 0.2) is 5.13 Å². The van der Waals surface area contributed by atoms with E-state index in [0.717, 1.165) is 33.2 Å². The van der Waals surface area contributed by atoms with Crippen LogP contribution in [0.5, 0.6) is 5.75 Å². The van der Waals surface area contributed by atoms with E-state index in [1.165, 1.54) is 16.2 Å².